The minimum Gasteiger partial charge on any atom is -0.347 e. The zero-order chi connectivity index (χ0) is 24.3. The first-order valence-electron chi connectivity index (χ1n) is 11.2. The SMILES string of the molecule is Cc1c(C)c(C)c(S(=O)(=O)N2CCN(C(=O)CNC(=O)Cc3ccccc3)CC2)c(C)c1C. The van der Waals surface area contributed by atoms with Crippen LogP contribution in [0, 0.1) is 34.6 Å². The standard InChI is InChI=1S/C25H33N3O4S/c1-17-18(2)20(4)25(21(5)19(17)3)33(31,32)28-13-11-27(12-14-28)24(30)16-26-23(29)15-22-9-7-6-8-10-22/h6-10H,11-16H2,1-5H3,(H,26,29). The third-order valence-corrected chi connectivity index (χ3v) is 8.94. The van der Waals surface area contributed by atoms with Gasteiger partial charge in [0.05, 0.1) is 17.9 Å². The maximum absolute atomic E-state index is 13.5. The summed E-state index contributed by atoms with van der Waals surface area (Å²) in [6.07, 6.45) is 0.216. The van der Waals surface area contributed by atoms with Gasteiger partial charge in [-0.3, -0.25) is 9.59 Å². The average molecular weight is 472 g/mol. The topological polar surface area (TPSA) is 86.8 Å². The number of hydrogen-bond donors (Lipinski definition) is 1. The van der Waals surface area contributed by atoms with E-state index in [1.807, 2.05) is 65.0 Å². The van der Waals surface area contributed by atoms with E-state index >= 15 is 0 Å². The molecule has 33 heavy (non-hydrogen) atoms. The van der Waals surface area contributed by atoms with Crippen molar-refractivity contribution in [3.05, 3.63) is 63.7 Å². The van der Waals surface area contributed by atoms with Crippen LogP contribution in [-0.4, -0.2) is 62.2 Å². The van der Waals surface area contributed by atoms with E-state index in [-0.39, 0.29) is 37.9 Å². The number of nitrogens with zero attached hydrogens (tertiary/aromatic N) is 2. The molecule has 0 saturated carbocycles. The van der Waals surface area contributed by atoms with Gasteiger partial charge in [0.1, 0.15) is 0 Å². The van der Waals surface area contributed by atoms with Crippen molar-refractivity contribution >= 4 is 21.8 Å². The quantitative estimate of drug-likeness (QED) is 0.701. The number of rotatable bonds is 6. The van der Waals surface area contributed by atoms with Gasteiger partial charge >= 0.3 is 0 Å². The molecule has 178 valence electrons. The van der Waals surface area contributed by atoms with Crippen LogP contribution in [0.1, 0.15) is 33.4 Å². The second-order valence-electron chi connectivity index (χ2n) is 8.68. The summed E-state index contributed by atoms with van der Waals surface area (Å²) < 4.78 is 28.4. The van der Waals surface area contributed by atoms with E-state index in [0.717, 1.165) is 33.4 Å². The minimum absolute atomic E-state index is 0.0903. The molecule has 0 radical (unpaired) electrons. The first-order chi connectivity index (χ1) is 15.5. The number of benzene rings is 2. The minimum atomic E-state index is -3.67. The molecule has 2 aromatic carbocycles. The second-order valence-corrected chi connectivity index (χ2v) is 10.6. The molecule has 1 heterocycles. The Morgan fingerprint density at radius 1 is 0.818 bits per heavy atom. The van der Waals surface area contributed by atoms with Crippen LogP contribution in [-0.2, 0) is 26.0 Å². The van der Waals surface area contributed by atoms with Crippen LogP contribution in [0.4, 0.5) is 0 Å². The Bertz CT molecular complexity index is 1120. The predicted octanol–water partition coefficient (Wildman–Crippen LogP) is 2.42. The summed E-state index contributed by atoms with van der Waals surface area (Å²) >= 11 is 0. The van der Waals surface area contributed by atoms with Crippen LogP contribution in [0.2, 0.25) is 0 Å². The molecule has 1 N–H and O–H groups in total. The van der Waals surface area contributed by atoms with Gasteiger partial charge in [-0.25, -0.2) is 8.42 Å². The summed E-state index contributed by atoms with van der Waals surface area (Å²) in [5.41, 5.74) is 5.57. The number of carbonyl (C=O) groups is 2. The summed E-state index contributed by atoms with van der Waals surface area (Å²) in [5, 5.41) is 2.67. The van der Waals surface area contributed by atoms with E-state index in [2.05, 4.69) is 5.32 Å². The Labute approximate surface area is 196 Å². The fourth-order valence-corrected chi connectivity index (χ4v) is 6.27. The van der Waals surface area contributed by atoms with Crippen molar-refractivity contribution in [2.24, 2.45) is 0 Å². The molecule has 3 rings (SSSR count). The lowest BCUT2D eigenvalue weighted by molar-refractivity contribution is -0.133. The highest BCUT2D eigenvalue weighted by Gasteiger charge is 2.33. The number of nitrogens with one attached hydrogen (secondary N) is 1. The summed E-state index contributed by atoms with van der Waals surface area (Å²) in [4.78, 5) is 26.7. The molecule has 0 atom stereocenters. The zero-order valence-corrected chi connectivity index (χ0v) is 20.9. The zero-order valence-electron chi connectivity index (χ0n) is 20.1. The Morgan fingerprint density at radius 2 is 1.33 bits per heavy atom. The van der Waals surface area contributed by atoms with Crippen molar-refractivity contribution in [1.29, 1.82) is 0 Å². The molecular weight excluding hydrogens is 438 g/mol. The van der Waals surface area contributed by atoms with Gasteiger partial charge in [-0.1, -0.05) is 30.3 Å². The van der Waals surface area contributed by atoms with Gasteiger partial charge in [0, 0.05) is 26.2 Å². The van der Waals surface area contributed by atoms with Crippen molar-refractivity contribution in [3.63, 3.8) is 0 Å². The molecule has 0 spiro atoms. The van der Waals surface area contributed by atoms with E-state index < -0.39 is 10.0 Å². The molecule has 8 heteroatoms. The smallest absolute Gasteiger partial charge is 0.243 e. The first kappa shape index (κ1) is 24.9. The van der Waals surface area contributed by atoms with E-state index in [9.17, 15) is 18.0 Å². The van der Waals surface area contributed by atoms with Gasteiger partial charge in [-0.2, -0.15) is 4.31 Å². The fraction of sp³-hybridized carbons (Fsp3) is 0.440. The van der Waals surface area contributed by atoms with Crippen molar-refractivity contribution in [1.82, 2.24) is 14.5 Å². The molecule has 0 aromatic heterocycles. The largest absolute Gasteiger partial charge is 0.347 e. The Kier molecular flexibility index (Phi) is 7.59. The lowest BCUT2D eigenvalue weighted by Gasteiger charge is -2.35. The van der Waals surface area contributed by atoms with Crippen LogP contribution < -0.4 is 5.32 Å². The number of sulfonamides is 1. The monoisotopic (exact) mass is 471 g/mol. The number of amides is 2. The molecule has 7 nitrogen and oxygen atoms in total. The number of carbonyl (C=O) groups excluding carboxylic acids is 2. The van der Waals surface area contributed by atoms with E-state index in [1.165, 1.54) is 4.31 Å². The van der Waals surface area contributed by atoms with Crippen LogP contribution in [0.3, 0.4) is 0 Å². The summed E-state index contributed by atoms with van der Waals surface area (Å²) in [6, 6.07) is 9.34. The summed E-state index contributed by atoms with van der Waals surface area (Å²) in [5.74, 6) is -0.422. The molecular formula is C25H33N3O4S. The molecule has 1 aliphatic heterocycles. The van der Waals surface area contributed by atoms with E-state index in [1.54, 1.807) is 4.90 Å². The molecule has 2 aromatic rings. The van der Waals surface area contributed by atoms with Gasteiger partial charge in [0.25, 0.3) is 0 Å². The highest BCUT2D eigenvalue weighted by Crippen LogP contribution is 2.31. The first-order valence-corrected chi connectivity index (χ1v) is 12.6. The van der Waals surface area contributed by atoms with Gasteiger partial charge in [-0.15, -0.1) is 0 Å². The third kappa shape index (κ3) is 5.28. The highest BCUT2D eigenvalue weighted by molar-refractivity contribution is 7.89. The molecule has 1 saturated heterocycles. The maximum atomic E-state index is 13.5. The Hall–Kier alpha value is -2.71. The van der Waals surface area contributed by atoms with Crippen LogP contribution in [0.25, 0.3) is 0 Å². The lowest BCUT2D eigenvalue weighted by Crippen LogP contribution is -2.52. The molecule has 1 aliphatic rings. The molecule has 2 amide bonds. The van der Waals surface area contributed by atoms with E-state index in [4.69, 9.17) is 0 Å². The predicted molar refractivity (Wildman–Crippen MR) is 129 cm³/mol. The molecule has 1 fully saturated rings. The maximum Gasteiger partial charge on any atom is 0.243 e. The van der Waals surface area contributed by atoms with Crippen molar-refractivity contribution in [2.75, 3.05) is 32.7 Å². The highest BCUT2D eigenvalue weighted by atomic mass is 32.2. The van der Waals surface area contributed by atoms with Gasteiger partial charge < -0.3 is 10.2 Å². The van der Waals surface area contributed by atoms with E-state index in [0.29, 0.717) is 18.0 Å². The van der Waals surface area contributed by atoms with Crippen LogP contribution >= 0.6 is 0 Å². The number of piperazine rings is 1. The third-order valence-electron chi connectivity index (χ3n) is 6.76. The normalized spacial score (nSPS) is 14.9. The Balaban J connectivity index is 1.60. The van der Waals surface area contributed by atoms with Gasteiger partial charge in [0.2, 0.25) is 21.8 Å². The molecule has 0 unspecified atom stereocenters. The van der Waals surface area contributed by atoms with Gasteiger partial charge in [0.15, 0.2) is 0 Å². The van der Waals surface area contributed by atoms with Gasteiger partial charge in [-0.05, 0) is 68.0 Å². The Morgan fingerprint density at radius 3 is 1.88 bits per heavy atom. The molecule has 0 aliphatic carbocycles. The van der Waals surface area contributed by atoms with Crippen LogP contribution in [0.15, 0.2) is 35.2 Å². The van der Waals surface area contributed by atoms with Crippen molar-refractivity contribution in [2.45, 2.75) is 45.9 Å². The van der Waals surface area contributed by atoms with Crippen LogP contribution in [0.5, 0.6) is 0 Å². The lowest BCUT2D eigenvalue weighted by atomic mass is 9.95. The number of hydrogen-bond acceptors (Lipinski definition) is 4. The second kappa shape index (κ2) is 10.1. The van der Waals surface area contributed by atoms with Crippen molar-refractivity contribution in [3.8, 4) is 0 Å². The average Bonchev–Trinajstić information content (AvgIpc) is 2.80. The fourth-order valence-electron chi connectivity index (χ4n) is 4.29. The van der Waals surface area contributed by atoms with Crippen molar-refractivity contribution < 1.29 is 18.0 Å². The molecule has 0 bridgehead atoms. The summed E-state index contributed by atoms with van der Waals surface area (Å²) in [6.45, 7) is 10.6. The summed E-state index contributed by atoms with van der Waals surface area (Å²) in [7, 11) is -3.67.